The van der Waals surface area contributed by atoms with Crippen LogP contribution in [0.3, 0.4) is 0 Å². The van der Waals surface area contributed by atoms with Gasteiger partial charge in [0.1, 0.15) is 5.82 Å². The van der Waals surface area contributed by atoms with E-state index in [2.05, 4.69) is 14.3 Å². The van der Waals surface area contributed by atoms with Crippen molar-refractivity contribution in [3.8, 4) is 0 Å². The Kier molecular flexibility index (Phi) is 4.83. The van der Waals surface area contributed by atoms with Crippen LogP contribution in [0.5, 0.6) is 0 Å². The van der Waals surface area contributed by atoms with Gasteiger partial charge in [-0.05, 0) is 50.3 Å². The molecule has 1 aromatic carbocycles. The summed E-state index contributed by atoms with van der Waals surface area (Å²) in [5.41, 5.74) is 0.902. The van der Waals surface area contributed by atoms with Crippen LogP contribution in [0.4, 0.5) is 5.13 Å². The standard InChI is InChI=1S/C21H26N6OS/c1-25(2)21-23-18(24-29-21)13-26-11-5-8-17(26)19-22-16-7-4-3-6-15(16)20(28)27(19)12-14-9-10-14/h3-4,6-7,14,17H,5,8-13H2,1-2H3. The average molecular weight is 411 g/mol. The van der Waals surface area contributed by atoms with Crippen molar-refractivity contribution in [3.05, 3.63) is 46.3 Å². The van der Waals surface area contributed by atoms with Gasteiger partial charge in [-0.15, -0.1) is 0 Å². The number of benzene rings is 1. The average Bonchev–Trinajstić information content (AvgIpc) is 3.21. The van der Waals surface area contributed by atoms with Gasteiger partial charge in [0.05, 0.1) is 23.5 Å². The molecule has 2 aliphatic rings. The summed E-state index contributed by atoms with van der Waals surface area (Å²) in [5.74, 6) is 2.38. The van der Waals surface area contributed by atoms with Gasteiger partial charge in [0, 0.05) is 32.2 Å². The summed E-state index contributed by atoms with van der Waals surface area (Å²) < 4.78 is 6.50. The van der Waals surface area contributed by atoms with Crippen molar-refractivity contribution >= 4 is 27.6 Å². The van der Waals surface area contributed by atoms with Crippen LogP contribution in [-0.2, 0) is 13.1 Å². The van der Waals surface area contributed by atoms with Crippen molar-refractivity contribution in [2.75, 3.05) is 25.5 Å². The molecule has 7 nitrogen and oxygen atoms in total. The van der Waals surface area contributed by atoms with Gasteiger partial charge in [-0.2, -0.15) is 4.37 Å². The molecule has 0 amide bonds. The fraction of sp³-hybridized carbons (Fsp3) is 0.524. The van der Waals surface area contributed by atoms with E-state index < -0.39 is 0 Å². The second kappa shape index (κ2) is 7.50. The van der Waals surface area contributed by atoms with E-state index in [1.807, 2.05) is 47.8 Å². The summed E-state index contributed by atoms with van der Waals surface area (Å²) in [7, 11) is 3.97. The molecule has 1 aliphatic carbocycles. The van der Waals surface area contributed by atoms with E-state index in [-0.39, 0.29) is 11.6 Å². The van der Waals surface area contributed by atoms with E-state index in [1.165, 1.54) is 24.4 Å². The Labute approximate surface area is 174 Å². The third kappa shape index (κ3) is 3.67. The number of nitrogens with zero attached hydrogens (tertiary/aromatic N) is 6. The number of hydrogen-bond donors (Lipinski definition) is 0. The molecule has 0 bridgehead atoms. The Morgan fingerprint density at radius 2 is 2.00 bits per heavy atom. The molecule has 2 aromatic heterocycles. The van der Waals surface area contributed by atoms with Gasteiger partial charge in [-0.3, -0.25) is 14.3 Å². The molecule has 1 atom stereocenters. The van der Waals surface area contributed by atoms with Crippen LogP contribution in [0, 0.1) is 5.92 Å². The van der Waals surface area contributed by atoms with Crippen LogP contribution in [0.1, 0.15) is 43.4 Å². The summed E-state index contributed by atoms with van der Waals surface area (Å²) in [4.78, 5) is 27.3. The van der Waals surface area contributed by atoms with Crippen molar-refractivity contribution in [3.63, 3.8) is 0 Å². The van der Waals surface area contributed by atoms with Crippen molar-refractivity contribution in [2.24, 2.45) is 5.92 Å². The molecule has 5 rings (SSSR count). The topological polar surface area (TPSA) is 67.2 Å². The van der Waals surface area contributed by atoms with Gasteiger partial charge < -0.3 is 4.90 Å². The molecular weight excluding hydrogens is 384 g/mol. The molecule has 2 fully saturated rings. The van der Waals surface area contributed by atoms with E-state index in [9.17, 15) is 4.79 Å². The van der Waals surface area contributed by atoms with E-state index >= 15 is 0 Å². The summed E-state index contributed by atoms with van der Waals surface area (Å²) in [6, 6.07) is 7.86. The molecule has 29 heavy (non-hydrogen) atoms. The summed E-state index contributed by atoms with van der Waals surface area (Å²) >= 11 is 1.43. The highest BCUT2D eigenvalue weighted by atomic mass is 32.1. The Hall–Kier alpha value is -2.32. The molecule has 0 spiro atoms. The smallest absolute Gasteiger partial charge is 0.261 e. The lowest BCUT2D eigenvalue weighted by Crippen LogP contribution is -2.32. The van der Waals surface area contributed by atoms with Crippen molar-refractivity contribution < 1.29 is 0 Å². The first-order chi connectivity index (χ1) is 14.1. The lowest BCUT2D eigenvalue weighted by Gasteiger charge is -2.25. The number of anilines is 1. The first kappa shape index (κ1) is 18.7. The Balaban J connectivity index is 1.51. The van der Waals surface area contributed by atoms with Crippen molar-refractivity contribution in [1.29, 1.82) is 0 Å². The largest absolute Gasteiger partial charge is 0.353 e. The number of hydrogen-bond acceptors (Lipinski definition) is 7. The predicted octanol–water partition coefficient (Wildman–Crippen LogP) is 3.06. The minimum atomic E-state index is 0.103. The van der Waals surface area contributed by atoms with Crippen LogP contribution in [-0.4, -0.2) is 44.4 Å². The molecule has 3 aromatic rings. The van der Waals surface area contributed by atoms with Crippen LogP contribution >= 0.6 is 11.5 Å². The number of rotatable bonds is 6. The summed E-state index contributed by atoms with van der Waals surface area (Å²) in [6.07, 6.45) is 4.54. The molecule has 1 saturated carbocycles. The maximum Gasteiger partial charge on any atom is 0.261 e. The van der Waals surface area contributed by atoms with Gasteiger partial charge in [-0.1, -0.05) is 12.1 Å². The number of fused-ring (bicyclic) bond motifs is 1. The summed E-state index contributed by atoms with van der Waals surface area (Å²) in [5, 5.41) is 1.64. The molecule has 152 valence electrons. The lowest BCUT2D eigenvalue weighted by atomic mass is 10.1. The van der Waals surface area contributed by atoms with E-state index in [0.717, 1.165) is 53.6 Å². The van der Waals surface area contributed by atoms with E-state index in [1.54, 1.807) is 0 Å². The third-order valence-corrected chi connectivity index (χ3v) is 6.80. The zero-order valence-electron chi connectivity index (χ0n) is 16.9. The third-order valence-electron chi connectivity index (χ3n) is 5.88. The SMILES string of the molecule is CN(C)c1nc(CN2CCCC2c2nc3ccccc3c(=O)n2CC2CC2)ns1. The van der Waals surface area contributed by atoms with Crippen LogP contribution in [0.15, 0.2) is 29.1 Å². The quantitative estimate of drug-likeness (QED) is 0.622. The lowest BCUT2D eigenvalue weighted by molar-refractivity contribution is 0.227. The van der Waals surface area contributed by atoms with Gasteiger partial charge in [-0.25, -0.2) is 9.97 Å². The number of likely N-dealkylation sites (tertiary alicyclic amines) is 1. The van der Waals surface area contributed by atoms with E-state index in [0.29, 0.717) is 12.5 Å². The minimum Gasteiger partial charge on any atom is -0.353 e. The van der Waals surface area contributed by atoms with Gasteiger partial charge >= 0.3 is 0 Å². The molecule has 1 aliphatic heterocycles. The Bertz CT molecular complexity index is 1090. The highest BCUT2D eigenvalue weighted by Crippen LogP contribution is 2.35. The monoisotopic (exact) mass is 410 g/mol. The second-order valence-corrected chi connectivity index (χ2v) is 9.09. The number of aromatic nitrogens is 4. The predicted molar refractivity (Wildman–Crippen MR) is 115 cm³/mol. The number of para-hydroxylation sites is 1. The van der Waals surface area contributed by atoms with Gasteiger partial charge in [0.25, 0.3) is 5.56 Å². The highest BCUT2D eigenvalue weighted by Gasteiger charge is 2.33. The summed E-state index contributed by atoms with van der Waals surface area (Å²) in [6.45, 7) is 2.46. The second-order valence-electron chi connectivity index (χ2n) is 8.36. The molecule has 8 heteroatoms. The van der Waals surface area contributed by atoms with Crippen LogP contribution in [0.2, 0.25) is 0 Å². The molecule has 1 unspecified atom stereocenters. The molecule has 3 heterocycles. The zero-order valence-corrected chi connectivity index (χ0v) is 17.7. The maximum atomic E-state index is 13.3. The molecule has 0 N–H and O–H groups in total. The van der Waals surface area contributed by atoms with Crippen molar-refractivity contribution in [1.82, 2.24) is 23.8 Å². The minimum absolute atomic E-state index is 0.103. The Morgan fingerprint density at radius 1 is 1.17 bits per heavy atom. The van der Waals surface area contributed by atoms with E-state index in [4.69, 9.17) is 4.98 Å². The fourth-order valence-electron chi connectivity index (χ4n) is 4.15. The first-order valence-corrected chi connectivity index (χ1v) is 11.1. The zero-order chi connectivity index (χ0) is 20.0. The van der Waals surface area contributed by atoms with Crippen LogP contribution in [0.25, 0.3) is 10.9 Å². The van der Waals surface area contributed by atoms with Gasteiger partial charge in [0.15, 0.2) is 5.82 Å². The Morgan fingerprint density at radius 3 is 2.76 bits per heavy atom. The normalized spacial score (nSPS) is 19.9. The molecule has 0 radical (unpaired) electrons. The first-order valence-electron chi connectivity index (χ1n) is 10.3. The fourth-order valence-corrected chi connectivity index (χ4v) is 4.75. The van der Waals surface area contributed by atoms with Gasteiger partial charge in [0.2, 0.25) is 5.13 Å². The molecular formula is C21H26N6OS. The van der Waals surface area contributed by atoms with Crippen molar-refractivity contribution in [2.45, 2.75) is 44.8 Å². The maximum absolute atomic E-state index is 13.3. The van der Waals surface area contributed by atoms with Crippen LogP contribution < -0.4 is 10.5 Å². The highest BCUT2D eigenvalue weighted by molar-refractivity contribution is 7.09. The molecule has 1 saturated heterocycles.